The first-order valence-electron chi connectivity index (χ1n) is 14.4. The second kappa shape index (κ2) is 9.33. The number of hydrogen-bond donors (Lipinski definition) is 0. The first-order valence-corrected chi connectivity index (χ1v) is 14.4. The van der Waals surface area contributed by atoms with Crippen LogP contribution in [-0.2, 0) is 0 Å². The van der Waals surface area contributed by atoms with E-state index in [1.165, 1.54) is 21.5 Å². The molecule has 7 aromatic carbocycles. The Kier molecular flexibility index (Phi) is 5.16. The van der Waals surface area contributed by atoms with Gasteiger partial charge in [-0.25, -0.2) is 15.0 Å². The average molecular weight is 550 g/mol. The van der Waals surface area contributed by atoms with Gasteiger partial charge in [0.1, 0.15) is 11.2 Å². The van der Waals surface area contributed by atoms with Gasteiger partial charge in [0, 0.05) is 27.5 Å². The lowest BCUT2D eigenvalue weighted by Gasteiger charge is -2.14. The highest BCUT2D eigenvalue weighted by molar-refractivity contribution is 6.23. The number of fused-ring (bicyclic) bond motifs is 8. The van der Waals surface area contributed by atoms with Gasteiger partial charge in [-0.05, 0) is 56.6 Å². The molecular weight excluding hydrogens is 526 g/mol. The van der Waals surface area contributed by atoms with Gasteiger partial charge in [0.15, 0.2) is 17.5 Å². The Hall–Kier alpha value is -5.87. The molecule has 0 aliphatic rings. The zero-order valence-electron chi connectivity index (χ0n) is 23.0. The summed E-state index contributed by atoms with van der Waals surface area (Å²) in [5.41, 5.74) is 4.47. The monoisotopic (exact) mass is 549 g/mol. The van der Waals surface area contributed by atoms with Crippen LogP contribution in [0.4, 0.5) is 0 Å². The predicted molar refractivity (Wildman–Crippen MR) is 176 cm³/mol. The van der Waals surface area contributed by atoms with Gasteiger partial charge >= 0.3 is 0 Å². The maximum absolute atomic E-state index is 6.21. The standard InChI is InChI=1S/C39H23N3O/c1-2-11-25(12-3-1)37-40-38(27-20-21-31-30-15-8-9-17-34(30)43-35(31)23-27)42-39(41-37)33-22-26-19-18-24-10-4-5-13-28(24)36(26)32-16-7-6-14-29(32)33/h1-23H. The quantitative estimate of drug-likeness (QED) is 0.206. The van der Waals surface area contributed by atoms with Crippen LogP contribution in [0.1, 0.15) is 0 Å². The van der Waals surface area contributed by atoms with Crippen molar-refractivity contribution in [3.8, 4) is 34.2 Å². The molecule has 0 unspecified atom stereocenters. The van der Waals surface area contributed by atoms with E-state index in [2.05, 4.69) is 84.9 Å². The Morgan fingerprint density at radius 2 is 1.00 bits per heavy atom. The van der Waals surface area contributed by atoms with Crippen molar-refractivity contribution in [3.05, 3.63) is 140 Å². The highest BCUT2D eigenvalue weighted by Crippen LogP contribution is 2.38. The molecule has 9 rings (SSSR count). The summed E-state index contributed by atoms with van der Waals surface area (Å²) < 4.78 is 6.21. The summed E-state index contributed by atoms with van der Waals surface area (Å²) in [5.74, 6) is 1.88. The molecule has 0 radical (unpaired) electrons. The third-order valence-corrected chi connectivity index (χ3v) is 8.29. The zero-order valence-corrected chi connectivity index (χ0v) is 23.0. The fourth-order valence-corrected chi connectivity index (χ4v) is 6.27. The minimum absolute atomic E-state index is 0.605. The maximum atomic E-state index is 6.21. The largest absolute Gasteiger partial charge is 0.456 e. The highest BCUT2D eigenvalue weighted by Gasteiger charge is 2.17. The summed E-state index contributed by atoms with van der Waals surface area (Å²) >= 11 is 0. The van der Waals surface area contributed by atoms with E-state index >= 15 is 0 Å². The molecule has 43 heavy (non-hydrogen) atoms. The summed E-state index contributed by atoms with van der Waals surface area (Å²) in [7, 11) is 0. The Bertz CT molecular complexity index is 2510. The van der Waals surface area contributed by atoms with Crippen LogP contribution in [-0.4, -0.2) is 15.0 Å². The van der Waals surface area contributed by atoms with E-state index in [9.17, 15) is 0 Å². The van der Waals surface area contributed by atoms with E-state index in [0.717, 1.165) is 49.4 Å². The summed E-state index contributed by atoms with van der Waals surface area (Å²) in [6.07, 6.45) is 0. The van der Waals surface area contributed by atoms with Gasteiger partial charge in [0.25, 0.3) is 0 Å². The number of aromatic nitrogens is 3. The lowest BCUT2D eigenvalue weighted by Crippen LogP contribution is -2.00. The molecule has 0 amide bonds. The van der Waals surface area contributed by atoms with Gasteiger partial charge in [-0.1, -0.05) is 115 Å². The number of furan rings is 1. The Balaban J connectivity index is 1.32. The van der Waals surface area contributed by atoms with E-state index in [1.807, 2.05) is 54.6 Å². The highest BCUT2D eigenvalue weighted by atomic mass is 16.3. The third-order valence-electron chi connectivity index (χ3n) is 8.29. The molecule has 0 saturated carbocycles. The SMILES string of the molecule is c1ccc(-c2nc(-c3ccc4c(c3)oc3ccccc34)nc(-c3cc4ccc5ccccc5c4c4ccccc34)n2)cc1. The van der Waals surface area contributed by atoms with Crippen LogP contribution in [0.5, 0.6) is 0 Å². The minimum atomic E-state index is 0.605. The number of nitrogens with zero attached hydrogens (tertiary/aromatic N) is 3. The van der Waals surface area contributed by atoms with Gasteiger partial charge in [0.2, 0.25) is 0 Å². The van der Waals surface area contributed by atoms with E-state index in [0.29, 0.717) is 17.5 Å². The molecule has 0 aliphatic carbocycles. The summed E-state index contributed by atoms with van der Waals surface area (Å²) in [6.45, 7) is 0. The Morgan fingerprint density at radius 3 is 1.86 bits per heavy atom. The molecule has 4 heteroatoms. The smallest absolute Gasteiger partial charge is 0.164 e. The van der Waals surface area contributed by atoms with Crippen molar-refractivity contribution in [1.82, 2.24) is 15.0 Å². The Labute approximate surface area is 246 Å². The number of rotatable bonds is 3. The van der Waals surface area contributed by atoms with Crippen molar-refractivity contribution in [3.63, 3.8) is 0 Å². The minimum Gasteiger partial charge on any atom is -0.456 e. The first kappa shape index (κ1) is 23.8. The normalized spacial score (nSPS) is 11.7. The van der Waals surface area contributed by atoms with Crippen LogP contribution >= 0.6 is 0 Å². The van der Waals surface area contributed by atoms with E-state index in [1.54, 1.807) is 0 Å². The van der Waals surface area contributed by atoms with Crippen molar-refractivity contribution >= 4 is 54.3 Å². The van der Waals surface area contributed by atoms with E-state index in [-0.39, 0.29) is 0 Å². The van der Waals surface area contributed by atoms with E-state index < -0.39 is 0 Å². The molecule has 2 aromatic heterocycles. The average Bonchev–Trinajstić information content (AvgIpc) is 3.46. The maximum Gasteiger partial charge on any atom is 0.164 e. The van der Waals surface area contributed by atoms with Crippen LogP contribution in [0.2, 0.25) is 0 Å². The lowest BCUT2D eigenvalue weighted by molar-refractivity contribution is 0.669. The fourth-order valence-electron chi connectivity index (χ4n) is 6.27. The lowest BCUT2D eigenvalue weighted by atomic mass is 9.93. The molecule has 4 nitrogen and oxygen atoms in total. The second-order valence-electron chi connectivity index (χ2n) is 10.8. The third kappa shape index (κ3) is 3.81. The van der Waals surface area contributed by atoms with Crippen molar-refractivity contribution < 1.29 is 4.42 Å². The predicted octanol–water partition coefficient (Wildman–Crippen LogP) is 10.2. The van der Waals surface area contributed by atoms with Crippen LogP contribution in [0.25, 0.3) is 88.4 Å². The zero-order chi connectivity index (χ0) is 28.3. The van der Waals surface area contributed by atoms with Crippen LogP contribution in [0.3, 0.4) is 0 Å². The van der Waals surface area contributed by atoms with Crippen LogP contribution < -0.4 is 0 Å². The van der Waals surface area contributed by atoms with Crippen molar-refractivity contribution in [2.24, 2.45) is 0 Å². The second-order valence-corrected chi connectivity index (χ2v) is 10.8. The Morgan fingerprint density at radius 1 is 0.372 bits per heavy atom. The van der Waals surface area contributed by atoms with Gasteiger partial charge in [0.05, 0.1) is 0 Å². The molecule has 0 spiro atoms. The van der Waals surface area contributed by atoms with Crippen molar-refractivity contribution in [2.45, 2.75) is 0 Å². The summed E-state index contributed by atoms with van der Waals surface area (Å²) in [5, 5.41) is 9.31. The number of benzene rings is 7. The summed E-state index contributed by atoms with van der Waals surface area (Å²) in [6, 6.07) is 48.1. The van der Waals surface area contributed by atoms with Crippen LogP contribution in [0.15, 0.2) is 144 Å². The fraction of sp³-hybridized carbons (Fsp3) is 0. The molecule has 0 fully saturated rings. The van der Waals surface area contributed by atoms with Gasteiger partial charge in [-0.3, -0.25) is 0 Å². The molecular formula is C39H23N3O. The summed E-state index contributed by atoms with van der Waals surface area (Å²) in [4.78, 5) is 15.2. The molecule has 0 saturated heterocycles. The van der Waals surface area contributed by atoms with Gasteiger partial charge < -0.3 is 4.42 Å². The molecule has 0 aliphatic heterocycles. The number of hydrogen-bond acceptors (Lipinski definition) is 4. The van der Waals surface area contributed by atoms with E-state index in [4.69, 9.17) is 19.4 Å². The van der Waals surface area contributed by atoms with Crippen molar-refractivity contribution in [1.29, 1.82) is 0 Å². The first-order chi connectivity index (χ1) is 21.3. The molecule has 0 bridgehead atoms. The molecule has 0 N–H and O–H groups in total. The molecule has 200 valence electrons. The number of para-hydroxylation sites is 1. The van der Waals surface area contributed by atoms with Gasteiger partial charge in [-0.15, -0.1) is 0 Å². The molecule has 2 heterocycles. The molecule has 9 aromatic rings. The van der Waals surface area contributed by atoms with Crippen molar-refractivity contribution in [2.75, 3.05) is 0 Å². The molecule has 0 atom stereocenters. The topological polar surface area (TPSA) is 51.8 Å². The van der Waals surface area contributed by atoms with Gasteiger partial charge in [-0.2, -0.15) is 0 Å². The van der Waals surface area contributed by atoms with Crippen LogP contribution in [0, 0.1) is 0 Å².